The third-order valence-electron chi connectivity index (χ3n) is 4.20. The molecule has 1 aliphatic rings. The Labute approximate surface area is 122 Å². The van der Waals surface area contributed by atoms with Gasteiger partial charge >= 0.3 is 0 Å². The Balaban J connectivity index is 1.76. The molecule has 1 aromatic carbocycles. The minimum Gasteiger partial charge on any atom is -0.310 e. The van der Waals surface area contributed by atoms with E-state index < -0.39 is 0 Å². The lowest BCUT2D eigenvalue weighted by atomic mass is 10.00. The maximum atomic E-state index is 6.03. The average molecular weight is 281 g/mol. The SMILES string of the molecule is C[C@H](NCCC1CCCCN1C)c1cccc(Cl)c1. The molecule has 0 aromatic heterocycles. The zero-order valence-electron chi connectivity index (χ0n) is 12.0. The minimum atomic E-state index is 0.368. The highest BCUT2D eigenvalue weighted by Gasteiger charge is 2.18. The summed E-state index contributed by atoms with van der Waals surface area (Å²) in [5.41, 5.74) is 1.27. The fourth-order valence-corrected chi connectivity index (χ4v) is 3.07. The Kier molecular flexibility index (Phi) is 5.68. The highest BCUT2D eigenvalue weighted by Crippen LogP contribution is 2.19. The fourth-order valence-electron chi connectivity index (χ4n) is 2.87. The fraction of sp³-hybridized carbons (Fsp3) is 0.625. The van der Waals surface area contributed by atoms with Crippen molar-refractivity contribution in [2.24, 2.45) is 0 Å². The number of rotatable bonds is 5. The van der Waals surface area contributed by atoms with Gasteiger partial charge in [0.05, 0.1) is 0 Å². The molecule has 1 unspecified atom stereocenters. The first kappa shape index (κ1) is 14.8. The number of benzene rings is 1. The highest BCUT2D eigenvalue weighted by atomic mass is 35.5. The third-order valence-corrected chi connectivity index (χ3v) is 4.43. The van der Waals surface area contributed by atoms with Crippen molar-refractivity contribution in [2.45, 2.75) is 44.7 Å². The predicted octanol–water partition coefficient (Wildman–Crippen LogP) is 3.87. The number of piperidine rings is 1. The molecular formula is C16H25ClN2. The molecule has 0 amide bonds. The molecule has 106 valence electrons. The van der Waals surface area contributed by atoms with Crippen LogP contribution in [-0.2, 0) is 0 Å². The van der Waals surface area contributed by atoms with E-state index in [9.17, 15) is 0 Å². The van der Waals surface area contributed by atoms with Crippen LogP contribution >= 0.6 is 11.6 Å². The van der Waals surface area contributed by atoms with E-state index in [4.69, 9.17) is 11.6 Å². The summed E-state index contributed by atoms with van der Waals surface area (Å²) < 4.78 is 0. The lowest BCUT2D eigenvalue weighted by Gasteiger charge is -2.32. The zero-order chi connectivity index (χ0) is 13.7. The third kappa shape index (κ3) is 4.48. The van der Waals surface area contributed by atoms with Crippen LogP contribution < -0.4 is 5.32 Å². The van der Waals surface area contributed by atoms with Crippen molar-refractivity contribution in [3.63, 3.8) is 0 Å². The molecule has 2 rings (SSSR count). The second-order valence-corrected chi connectivity index (χ2v) is 6.09. The molecule has 2 nitrogen and oxygen atoms in total. The van der Waals surface area contributed by atoms with Crippen molar-refractivity contribution < 1.29 is 0 Å². The van der Waals surface area contributed by atoms with Gasteiger partial charge in [0, 0.05) is 17.1 Å². The van der Waals surface area contributed by atoms with Gasteiger partial charge in [-0.2, -0.15) is 0 Å². The molecule has 1 heterocycles. The molecule has 1 aromatic rings. The summed E-state index contributed by atoms with van der Waals surface area (Å²) >= 11 is 6.03. The quantitative estimate of drug-likeness (QED) is 0.881. The minimum absolute atomic E-state index is 0.368. The van der Waals surface area contributed by atoms with E-state index in [1.165, 1.54) is 37.8 Å². The van der Waals surface area contributed by atoms with Crippen LogP contribution in [0.4, 0.5) is 0 Å². The predicted molar refractivity (Wildman–Crippen MR) is 82.8 cm³/mol. The first-order valence-corrected chi connectivity index (χ1v) is 7.73. The van der Waals surface area contributed by atoms with Crippen LogP contribution in [0.25, 0.3) is 0 Å². The summed E-state index contributed by atoms with van der Waals surface area (Å²) in [6, 6.07) is 9.25. The van der Waals surface area contributed by atoms with Crippen molar-refractivity contribution in [3.8, 4) is 0 Å². The van der Waals surface area contributed by atoms with Gasteiger partial charge in [-0.1, -0.05) is 30.2 Å². The Morgan fingerprint density at radius 1 is 1.42 bits per heavy atom. The van der Waals surface area contributed by atoms with Crippen molar-refractivity contribution in [2.75, 3.05) is 20.1 Å². The number of nitrogens with zero attached hydrogens (tertiary/aromatic N) is 1. The molecule has 0 radical (unpaired) electrons. The van der Waals surface area contributed by atoms with Gasteiger partial charge in [0.15, 0.2) is 0 Å². The van der Waals surface area contributed by atoms with Gasteiger partial charge in [-0.05, 0) is 64.0 Å². The van der Waals surface area contributed by atoms with Crippen LogP contribution in [0.1, 0.15) is 44.2 Å². The van der Waals surface area contributed by atoms with E-state index in [1.807, 2.05) is 18.2 Å². The lowest BCUT2D eigenvalue weighted by Crippen LogP contribution is -2.38. The summed E-state index contributed by atoms with van der Waals surface area (Å²) in [5.74, 6) is 0. The molecule has 0 spiro atoms. The van der Waals surface area contributed by atoms with E-state index in [-0.39, 0.29) is 0 Å². The maximum Gasteiger partial charge on any atom is 0.0409 e. The molecule has 1 N–H and O–H groups in total. The lowest BCUT2D eigenvalue weighted by molar-refractivity contribution is 0.174. The van der Waals surface area contributed by atoms with Crippen molar-refractivity contribution in [1.82, 2.24) is 10.2 Å². The van der Waals surface area contributed by atoms with Crippen LogP contribution in [0, 0.1) is 0 Å². The van der Waals surface area contributed by atoms with E-state index >= 15 is 0 Å². The van der Waals surface area contributed by atoms with Crippen LogP contribution in [0.15, 0.2) is 24.3 Å². The second kappa shape index (κ2) is 7.28. The summed E-state index contributed by atoms with van der Waals surface area (Å²) in [6.45, 7) is 4.54. The van der Waals surface area contributed by atoms with E-state index in [0.29, 0.717) is 6.04 Å². The van der Waals surface area contributed by atoms with E-state index in [1.54, 1.807) is 0 Å². The number of hydrogen-bond donors (Lipinski definition) is 1. The van der Waals surface area contributed by atoms with Gasteiger partial charge in [-0.25, -0.2) is 0 Å². The molecule has 19 heavy (non-hydrogen) atoms. The monoisotopic (exact) mass is 280 g/mol. The van der Waals surface area contributed by atoms with Gasteiger partial charge < -0.3 is 10.2 Å². The standard InChI is InChI=1S/C16H25ClN2/c1-13(14-6-5-7-15(17)12-14)18-10-9-16-8-3-4-11-19(16)2/h5-7,12-13,16,18H,3-4,8-11H2,1-2H3/t13-,16?/m0/s1. The van der Waals surface area contributed by atoms with E-state index in [2.05, 4.69) is 30.3 Å². The number of halogens is 1. The number of likely N-dealkylation sites (tertiary alicyclic amines) is 1. The molecule has 2 atom stereocenters. The molecule has 1 saturated heterocycles. The molecular weight excluding hydrogens is 256 g/mol. The van der Waals surface area contributed by atoms with Gasteiger partial charge in [-0.3, -0.25) is 0 Å². The van der Waals surface area contributed by atoms with Crippen LogP contribution in [0.3, 0.4) is 0 Å². The molecule has 3 heteroatoms. The van der Waals surface area contributed by atoms with E-state index in [0.717, 1.165) is 17.6 Å². The van der Waals surface area contributed by atoms with Crippen LogP contribution in [0.5, 0.6) is 0 Å². The van der Waals surface area contributed by atoms with Gasteiger partial charge in [0.2, 0.25) is 0 Å². The smallest absolute Gasteiger partial charge is 0.0409 e. The van der Waals surface area contributed by atoms with Gasteiger partial charge in [0.25, 0.3) is 0 Å². The molecule has 1 aliphatic heterocycles. The maximum absolute atomic E-state index is 6.03. The van der Waals surface area contributed by atoms with Gasteiger partial charge in [0.1, 0.15) is 0 Å². The first-order chi connectivity index (χ1) is 9.16. The highest BCUT2D eigenvalue weighted by molar-refractivity contribution is 6.30. The molecule has 0 saturated carbocycles. The van der Waals surface area contributed by atoms with Crippen molar-refractivity contribution in [1.29, 1.82) is 0 Å². The first-order valence-electron chi connectivity index (χ1n) is 7.36. The van der Waals surface area contributed by atoms with Crippen molar-refractivity contribution >= 4 is 11.6 Å². The topological polar surface area (TPSA) is 15.3 Å². The summed E-state index contributed by atoms with van der Waals surface area (Å²) in [4.78, 5) is 2.51. The summed E-state index contributed by atoms with van der Waals surface area (Å²) in [6.07, 6.45) is 5.34. The summed E-state index contributed by atoms with van der Waals surface area (Å²) in [7, 11) is 2.25. The molecule has 0 bridgehead atoms. The Hall–Kier alpha value is -0.570. The number of nitrogens with one attached hydrogen (secondary N) is 1. The Morgan fingerprint density at radius 3 is 3.00 bits per heavy atom. The summed E-state index contributed by atoms with van der Waals surface area (Å²) in [5, 5.41) is 4.43. The largest absolute Gasteiger partial charge is 0.310 e. The normalized spacial score (nSPS) is 22.4. The Bertz CT molecular complexity index is 394. The van der Waals surface area contributed by atoms with Crippen molar-refractivity contribution in [3.05, 3.63) is 34.9 Å². The number of hydrogen-bond acceptors (Lipinski definition) is 2. The average Bonchev–Trinajstić information content (AvgIpc) is 2.41. The Morgan fingerprint density at radius 2 is 2.26 bits per heavy atom. The zero-order valence-corrected chi connectivity index (χ0v) is 12.8. The van der Waals surface area contributed by atoms with Crippen LogP contribution in [0.2, 0.25) is 5.02 Å². The second-order valence-electron chi connectivity index (χ2n) is 5.65. The molecule has 1 fully saturated rings. The van der Waals surface area contributed by atoms with Crippen LogP contribution in [-0.4, -0.2) is 31.1 Å². The van der Waals surface area contributed by atoms with Gasteiger partial charge in [-0.15, -0.1) is 0 Å². The molecule has 0 aliphatic carbocycles.